The maximum Gasteiger partial charge on any atom is 0.0945 e. The fraction of sp³-hybridized carbons (Fsp3) is 0.538. The quantitative estimate of drug-likeness (QED) is 0.677. The molecule has 1 rings (SSSR count). The van der Waals surface area contributed by atoms with Crippen molar-refractivity contribution in [3.63, 3.8) is 0 Å². The van der Waals surface area contributed by atoms with Gasteiger partial charge in [0.05, 0.1) is 25.9 Å². The van der Waals surface area contributed by atoms with Gasteiger partial charge in [0.2, 0.25) is 0 Å². The number of benzene rings is 1. The van der Waals surface area contributed by atoms with Gasteiger partial charge in [-0.3, -0.25) is 0 Å². The highest BCUT2D eigenvalue weighted by Crippen LogP contribution is 2.13. The molecule has 0 aliphatic heterocycles. The third-order valence-electron chi connectivity index (χ3n) is 2.27. The van der Waals surface area contributed by atoms with Crippen molar-refractivity contribution in [1.29, 1.82) is 0 Å². The average molecular weight is 274 g/mol. The summed E-state index contributed by atoms with van der Waals surface area (Å²) in [5.41, 5.74) is 0.924. The highest BCUT2D eigenvalue weighted by molar-refractivity contribution is 6.30. The minimum absolute atomic E-state index is 0.299. The number of hydrogen-bond donors (Lipinski definition) is 2. The summed E-state index contributed by atoms with van der Waals surface area (Å²) in [7, 11) is 0. The SMILES string of the molecule is CCOCCOCC(O)CNc1ccc(Cl)cc1. The molecule has 0 aliphatic carbocycles. The molecule has 0 saturated carbocycles. The summed E-state index contributed by atoms with van der Waals surface area (Å²) in [6.07, 6.45) is -0.540. The molecular weight excluding hydrogens is 254 g/mol. The molecule has 1 aromatic rings. The zero-order chi connectivity index (χ0) is 13.2. The molecular formula is C13H20ClNO3. The van der Waals surface area contributed by atoms with Crippen molar-refractivity contribution >= 4 is 17.3 Å². The summed E-state index contributed by atoms with van der Waals surface area (Å²) < 4.78 is 10.4. The minimum atomic E-state index is -0.540. The molecule has 1 atom stereocenters. The summed E-state index contributed by atoms with van der Waals surface area (Å²) >= 11 is 5.78. The molecule has 18 heavy (non-hydrogen) atoms. The molecule has 0 amide bonds. The second-order valence-electron chi connectivity index (χ2n) is 3.81. The van der Waals surface area contributed by atoms with Crippen LogP contribution in [0.3, 0.4) is 0 Å². The van der Waals surface area contributed by atoms with Gasteiger partial charge in [-0.1, -0.05) is 11.6 Å². The van der Waals surface area contributed by atoms with E-state index in [1.807, 2.05) is 19.1 Å². The number of rotatable bonds is 9. The van der Waals surface area contributed by atoms with Gasteiger partial charge >= 0.3 is 0 Å². The van der Waals surface area contributed by atoms with Crippen LogP contribution in [-0.2, 0) is 9.47 Å². The number of ether oxygens (including phenoxy) is 2. The third kappa shape index (κ3) is 6.81. The first kappa shape index (κ1) is 15.2. The average Bonchev–Trinajstić information content (AvgIpc) is 2.38. The monoisotopic (exact) mass is 273 g/mol. The number of halogens is 1. The van der Waals surface area contributed by atoms with E-state index in [0.29, 0.717) is 38.0 Å². The summed E-state index contributed by atoms with van der Waals surface area (Å²) in [5.74, 6) is 0. The molecule has 2 N–H and O–H groups in total. The van der Waals surface area contributed by atoms with Crippen LogP contribution in [0, 0.1) is 0 Å². The van der Waals surface area contributed by atoms with Crippen molar-refractivity contribution in [2.75, 3.05) is 38.3 Å². The maximum atomic E-state index is 9.67. The predicted octanol–water partition coefficient (Wildman–Crippen LogP) is 2.17. The molecule has 0 radical (unpaired) electrons. The van der Waals surface area contributed by atoms with Crippen molar-refractivity contribution in [2.45, 2.75) is 13.0 Å². The minimum Gasteiger partial charge on any atom is -0.389 e. The van der Waals surface area contributed by atoms with E-state index in [1.54, 1.807) is 12.1 Å². The van der Waals surface area contributed by atoms with Crippen LogP contribution >= 0.6 is 11.6 Å². The lowest BCUT2D eigenvalue weighted by atomic mass is 10.3. The maximum absolute atomic E-state index is 9.67. The van der Waals surface area contributed by atoms with Gasteiger partial charge in [-0.05, 0) is 31.2 Å². The molecule has 4 nitrogen and oxygen atoms in total. The molecule has 0 aliphatic rings. The lowest BCUT2D eigenvalue weighted by Crippen LogP contribution is -2.25. The number of aliphatic hydroxyl groups excluding tert-OH is 1. The van der Waals surface area contributed by atoms with Crippen LogP contribution in [0.4, 0.5) is 5.69 Å². The molecule has 0 fully saturated rings. The molecule has 1 aromatic carbocycles. The second-order valence-corrected chi connectivity index (χ2v) is 4.25. The van der Waals surface area contributed by atoms with Crippen LogP contribution in [0.25, 0.3) is 0 Å². The van der Waals surface area contributed by atoms with E-state index in [9.17, 15) is 5.11 Å². The first-order valence-corrected chi connectivity index (χ1v) is 6.43. The molecule has 0 bridgehead atoms. The van der Waals surface area contributed by atoms with Gasteiger partial charge in [-0.2, -0.15) is 0 Å². The Morgan fingerprint density at radius 2 is 1.89 bits per heavy atom. The smallest absolute Gasteiger partial charge is 0.0945 e. The van der Waals surface area contributed by atoms with Crippen LogP contribution in [-0.4, -0.2) is 44.2 Å². The summed E-state index contributed by atoms with van der Waals surface area (Å²) in [6, 6.07) is 7.33. The number of aliphatic hydroxyl groups is 1. The molecule has 1 unspecified atom stereocenters. The summed E-state index contributed by atoms with van der Waals surface area (Å²) in [6.45, 7) is 4.43. The Morgan fingerprint density at radius 3 is 2.56 bits per heavy atom. The Labute approximate surface area is 113 Å². The topological polar surface area (TPSA) is 50.7 Å². The van der Waals surface area contributed by atoms with Gasteiger partial charge in [0.25, 0.3) is 0 Å². The van der Waals surface area contributed by atoms with Crippen LogP contribution in [0.5, 0.6) is 0 Å². The van der Waals surface area contributed by atoms with Crippen molar-refractivity contribution in [2.24, 2.45) is 0 Å². The Balaban J connectivity index is 2.09. The highest BCUT2D eigenvalue weighted by Gasteiger charge is 2.03. The fourth-order valence-electron chi connectivity index (χ4n) is 1.34. The number of nitrogens with one attached hydrogen (secondary N) is 1. The van der Waals surface area contributed by atoms with Gasteiger partial charge in [0, 0.05) is 23.9 Å². The van der Waals surface area contributed by atoms with Crippen molar-refractivity contribution in [3.05, 3.63) is 29.3 Å². The van der Waals surface area contributed by atoms with Gasteiger partial charge in [-0.25, -0.2) is 0 Å². The zero-order valence-corrected chi connectivity index (χ0v) is 11.3. The van der Waals surface area contributed by atoms with Gasteiger partial charge in [-0.15, -0.1) is 0 Å². The number of anilines is 1. The molecule has 0 aromatic heterocycles. The number of hydrogen-bond acceptors (Lipinski definition) is 4. The van der Waals surface area contributed by atoms with E-state index in [0.717, 1.165) is 5.69 Å². The molecule has 102 valence electrons. The first-order chi connectivity index (χ1) is 8.72. The van der Waals surface area contributed by atoms with E-state index in [-0.39, 0.29) is 0 Å². The molecule has 0 spiro atoms. The third-order valence-corrected chi connectivity index (χ3v) is 2.52. The van der Waals surface area contributed by atoms with E-state index in [2.05, 4.69) is 5.32 Å². The molecule has 5 heteroatoms. The van der Waals surface area contributed by atoms with E-state index >= 15 is 0 Å². The van der Waals surface area contributed by atoms with E-state index in [1.165, 1.54) is 0 Å². The van der Waals surface area contributed by atoms with Gasteiger partial charge in [0.15, 0.2) is 0 Å². The van der Waals surface area contributed by atoms with E-state index in [4.69, 9.17) is 21.1 Å². The lowest BCUT2D eigenvalue weighted by molar-refractivity contribution is 0.0103. The summed E-state index contributed by atoms with van der Waals surface area (Å²) in [5, 5.41) is 13.5. The Hall–Kier alpha value is -0.810. The van der Waals surface area contributed by atoms with Crippen LogP contribution in [0.15, 0.2) is 24.3 Å². The van der Waals surface area contributed by atoms with Crippen LogP contribution in [0.1, 0.15) is 6.92 Å². The molecule has 0 saturated heterocycles. The van der Waals surface area contributed by atoms with Crippen molar-refractivity contribution < 1.29 is 14.6 Å². The zero-order valence-electron chi connectivity index (χ0n) is 10.6. The van der Waals surface area contributed by atoms with Gasteiger partial charge in [0.1, 0.15) is 0 Å². The molecule has 0 heterocycles. The normalized spacial score (nSPS) is 12.4. The lowest BCUT2D eigenvalue weighted by Gasteiger charge is -2.13. The van der Waals surface area contributed by atoms with E-state index < -0.39 is 6.10 Å². The Morgan fingerprint density at radius 1 is 1.22 bits per heavy atom. The Bertz CT molecular complexity index is 319. The Kier molecular flexibility index (Phi) is 7.76. The van der Waals surface area contributed by atoms with Crippen molar-refractivity contribution in [3.8, 4) is 0 Å². The highest BCUT2D eigenvalue weighted by atomic mass is 35.5. The predicted molar refractivity (Wildman–Crippen MR) is 73.3 cm³/mol. The van der Waals surface area contributed by atoms with Gasteiger partial charge < -0.3 is 19.9 Å². The standard InChI is InChI=1S/C13H20ClNO3/c1-2-17-7-8-18-10-13(16)9-15-12-5-3-11(14)4-6-12/h3-6,13,15-16H,2,7-10H2,1H3. The second kappa shape index (κ2) is 9.16. The fourth-order valence-corrected chi connectivity index (χ4v) is 1.47. The van der Waals surface area contributed by atoms with Crippen LogP contribution in [0.2, 0.25) is 5.02 Å². The largest absolute Gasteiger partial charge is 0.389 e. The van der Waals surface area contributed by atoms with Crippen molar-refractivity contribution in [1.82, 2.24) is 0 Å². The first-order valence-electron chi connectivity index (χ1n) is 6.05. The summed E-state index contributed by atoms with van der Waals surface area (Å²) in [4.78, 5) is 0. The van der Waals surface area contributed by atoms with Crippen LogP contribution < -0.4 is 5.32 Å².